The van der Waals surface area contributed by atoms with E-state index in [0.717, 1.165) is 0 Å². The third-order valence-electron chi connectivity index (χ3n) is 5.05. The van der Waals surface area contributed by atoms with Gasteiger partial charge in [0.15, 0.2) is 0 Å². The van der Waals surface area contributed by atoms with Crippen LogP contribution in [-0.4, -0.2) is 112 Å². The quantitative estimate of drug-likeness (QED) is 0.106. The van der Waals surface area contributed by atoms with E-state index in [-0.39, 0.29) is 66.0 Å². The van der Waals surface area contributed by atoms with Gasteiger partial charge in [-0.05, 0) is 12.8 Å². The lowest BCUT2D eigenvalue weighted by molar-refractivity contribution is -0.119. The molecule has 0 unspecified atom stereocenters. The average Bonchev–Trinajstić information content (AvgIpc) is 3.24. The maximum Gasteiger partial charge on any atom is 0.234 e. The predicted molar refractivity (Wildman–Crippen MR) is 112 cm³/mol. The van der Waals surface area contributed by atoms with Crippen LogP contribution in [0.1, 0.15) is 12.1 Å². The highest BCUT2D eigenvalue weighted by molar-refractivity contribution is 5.79. The number of hydrogen-bond acceptors (Lipinski definition) is 11. The van der Waals surface area contributed by atoms with E-state index in [1.165, 1.54) is 4.68 Å². The molecule has 1 aromatic heterocycles. The van der Waals surface area contributed by atoms with E-state index in [9.17, 15) is 30.3 Å². The first-order valence-electron chi connectivity index (χ1n) is 10.5. The highest BCUT2D eigenvalue weighted by atomic mass is 16.5. The molecule has 0 saturated heterocycles. The van der Waals surface area contributed by atoms with E-state index in [1.807, 2.05) is 0 Å². The molecule has 9 N–H and O–H groups in total. The van der Waals surface area contributed by atoms with E-state index < -0.39 is 29.2 Å². The van der Waals surface area contributed by atoms with Crippen LogP contribution in [0.5, 0.6) is 0 Å². The van der Waals surface area contributed by atoms with Crippen molar-refractivity contribution in [2.24, 2.45) is 28.7 Å². The van der Waals surface area contributed by atoms with Gasteiger partial charge in [0.2, 0.25) is 5.91 Å². The maximum absolute atomic E-state index is 11.1. The molecular formula is C19H37N5O8. The normalized spacial score (nSPS) is 13.2. The topological polar surface area (TPSA) is 219 Å². The van der Waals surface area contributed by atoms with Crippen LogP contribution in [-0.2, 0) is 27.2 Å². The molecule has 32 heavy (non-hydrogen) atoms. The van der Waals surface area contributed by atoms with Crippen molar-refractivity contribution >= 4 is 5.91 Å². The van der Waals surface area contributed by atoms with Crippen molar-refractivity contribution in [2.75, 3.05) is 59.5 Å². The van der Waals surface area contributed by atoms with Crippen molar-refractivity contribution < 1.29 is 39.8 Å². The molecule has 13 nitrogen and oxygen atoms in total. The summed E-state index contributed by atoms with van der Waals surface area (Å²) in [5.74, 6) is -1.50. The van der Waals surface area contributed by atoms with Crippen LogP contribution in [0, 0.1) is 17.3 Å². The van der Waals surface area contributed by atoms with Crippen LogP contribution in [0.4, 0.5) is 0 Å². The number of rotatable bonds is 19. The molecule has 0 spiro atoms. The van der Waals surface area contributed by atoms with Gasteiger partial charge in [-0.1, -0.05) is 5.21 Å². The molecule has 0 saturated carbocycles. The molecule has 0 aliphatic heterocycles. The number of carbonyl (C=O) groups is 1. The second-order valence-electron chi connectivity index (χ2n) is 8.11. The Bertz CT molecular complexity index is 621. The average molecular weight is 464 g/mol. The number of aromatic nitrogens is 3. The smallest absolute Gasteiger partial charge is 0.234 e. The first kappa shape index (κ1) is 28.3. The summed E-state index contributed by atoms with van der Waals surface area (Å²) in [7, 11) is 0. The molecule has 0 aliphatic carbocycles. The van der Waals surface area contributed by atoms with Crippen molar-refractivity contribution in [1.29, 1.82) is 0 Å². The van der Waals surface area contributed by atoms with Gasteiger partial charge in [-0.3, -0.25) is 9.48 Å². The Morgan fingerprint density at radius 3 is 2.00 bits per heavy atom. The molecule has 1 atom stereocenters. The second kappa shape index (κ2) is 15.2. The molecule has 0 bridgehead atoms. The lowest BCUT2D eigenvalue weighted by Gasteiger charge is -2.32. The lowest BCUT2D eigenvalue weighted by Crippen LogP contribution is -2.42. The van der Waals surface area contributed by atoms with Gasteiger partial charge in [0.1, 0.15) is 0 Å². The van der Waals surface area contributed by atoms with Crippen molar-refractivity contribution in [2.45, 2.75) is 25.4 Å². The minimum Gasteiger partial charge on any atom is -0.396 e. The summed E-state index contributed by atoms with van der Waals surface area (Å²) < 4.78 is 12.8. The van der Waals surface area contributed by atoms with Gasteiger partial charge < -0.3 is 46.5 Å². The molecule has 0 radical (unpaired) electrons. The fraction of sp³-hybridized carbons (Fsp3) is 0.842. The minimum atomic E-state index is -0.945. The minimum absolute atomic E-state index is 0.0324. The van der Waals surface area contributed by atoms with Gasteiger partial charge in [-0.2, -0.15) is 0 Å². The molecule has 0 aromatic carbocycles. The SMILES string of the molecule is NC(=O)[C@H](N)CCc1cn(CC(CO)(COCC(CO)CO)COCC(CO)CO)nn1. The first-order valence-corrected chi connectivity index (χ1v) is 10.5. The predicted octanol–water partition coefficient (Wildman–Crippen LogP) is -3.76. The van der Waals surface area contributed by atoms with Gasteiger partial charge in [-0.25, -0.2) is 0 Å². The van der Waals surface area contributed by atoms with E-state index in [0.29, 0.717) is 18.5 Å². The number of ether oxygens (including phenoxy) is 2. The summed E-state index contributed by atoms with van der Waals surface area (Å²) in [6.07, 6.45) is 2.37. The summed E-state index contributed by atoms with van der Waals surface area (Å²) in [5.41, 5.74) is 10.4. The van der Waals surface area contributed by atoms with Crippen molar-refractivity contribution in [3.63, 3.8) is 0 Å². The number of aliphatic hydroxyl groups excluding tert-OH is 5. The van der Waals surface area contributed by atoms with Gasteiger partial charge in [-0.15, -0.1) is 5.10 Å². The van der Waals surface area contributed by atoms with Crippen LogP contribution >= 0.6 is 0 Å². The van der Waals surface area contributed by atoms with Gasteiger partial charge >= 0.3 is 0 Å². The largest absolute Gasteiger partial charge is 0.396 e. The van der Waals surface area contributed by atoms with E-state index in [2.05, 4.69) is 10.3 Å². The van der Waals surface area contributed by atoms with E-state index in [1.54, 1.807) is 6.20 Å². The second-order valence-corrected chi connectivity index (χ2v) is 8.11. The van der Waals surface area contributed by atoms with E-state index >= 15 is 0 Å². The van der Waals surface area contributed by atoms with Crippen molar-refractivity contribution in [3.05, 3.63) is 11.9 Å². The zero-order valence-corrected chi connectivity index (χ0v) is 18.3. The van der Waals surface area contributed by atoms with Crippen molar-refractivity contribution in [1.82, 2.24) is 15.0 Å². The Morgan fingerprint density at radius 2 is 1.56 bits per heavy atom. The standard InChI is InChI=1S/C19H37N5O8/c20-17(18(21)30)2-1-16-3-24(23-22-16)10-19(11-29,12-31-8-14(4-25)5-26)13-32-9-15(6-27)7-28/h3,14-15,17,25-29H,1-2,4-13,20H2,(H2,21,30)/t17-/m1/s1. The van der Waals surface area contributed by atoms with Gasteiger partial charge in [0.25, 0.3) is 0 Å². The Kier molecular flexibility index (Phi) is 13.4. The third-order valence-corrected chi connectivity index (χ3v) is 5.05. The van der Waals surface area contributed by atoms with Crippen LogP contribution in [0.15, 0.2) is 6.20 Å². The Hall–Kier alpha value is -1.71. The third kappa shape index (κ3) is 9.83. The number of hydrogen-bond donors (Lipinski definition) is 7. The molecule has 1 rings (SSSR count). The highest BCUT2D eigenvalue weighted by Crippen LogP contribution is 2.22. The zero-order chi connectivity index (χ0) is 24.0. The molecule has 186 valence electrons. The molecular weight excluding hydrogens is 426 g/mol. The van der Waals surface area contributed by atoms with E-state index in [4.69, 9.17) is 20.9 Å². The van der Waals surface area contributed by atoms with Crippen LogP contribution in [0.3, 0.4) is 0 Å². The summed E-state index contributed by atoms with van der Waals surface area (Å²) >= 11 is 0. The summed E-state index contributed by atoms with van der Waals surface area (Å²) in [4.78, 5) is 11.1. The summed E-state index contributed by atoms with van der Waals surface area (Å²) in [6, 6.07) is -0.782. The fourth-order valence-electron chi connectivity index (χ4n) is 2.80. The summed E-state index contributed by atoms with van der Waals surface area (Å²) in [5, 5.41) is 55.1. The molecule has 1 amide bonds. The number of carbonyl (C=O) groups excluding carboxylic acids is 1. The molecule has 13 heteroatoms. The van der Waals surface area contributed by atoms with Crippen LogP contribution < -0.4 is 11.5 Å². The number of primary amides is 1. The Balaban J connectivity index is 2.82. The zero-order valence-electron chi connectivity index (χ0n) is 18.3. The molecule has 0 fully saturated rings. The molecule has 0 aliphatic rings. The number of nitrogens with zero attached hydrogens (tertiary/aromatic N) is 3. The Labute approximate surface area is 186 Å². The number of amides is 1. The van der Waals surface area contributed by atoms with Crippen LogP contribution in [0.25, 0.3) is 0 Å². The Morgan fingerprint density at radius 1 is 1.03 bits per heavy atom. The van der Waals surface area contributed by atoms with Crippen LogP contribution in [0.2, 0.25) is 0 Å². The monoisotopic (exact) mass is 463 g/mol. The van der Waals surface area contributed by atoms with Gasteiger partial charge in [0, 0.05) is 18.0 Å². The fourth-order valence-corrected chi connectivity index (χ4v) is 2.80. The highest BCUT2D eigenvalue weighted by Gasteiger charge is 2.33. The van der Waals surface area contributed by atoms with Crippen molar-refractivity contribution in [3.8, 4) is 0 Å². The number of nitrogens with two attached hydrogens (primary N) is 2. The first-order chi connectivity index (χ1) is 15.3. The molecule has 1 aromatic rings. The molecule has 1 heterocycles. The number of aliphatic hydroxyl groups is 5. The van der Waals surface area contributed by atoms with Gasteiger partial charge in [0.05, 0.1) is 83.2 Å². The maximum atomic E-state index is 11.1. The lowest BCUT2D eigenvalue weighted by atomic mass is 9.91. The summed E-state index contributed by atoms with van der Waals surface area (Å²) in [6.45, 7) is -0.903. The number of aryl methyl sites for hydroxylation is 1.